The summed E-state index contributed by atoms with van der Waals surface area (Å²) in [7, 11) is 1.85. The molecule has 0 spiro atoms. The van der Waals surface area contributed by atoms with E-state index < -0.39 is 12.1 Å². The van der Waals surface area contributed by atoms with Crippen molar-refractivity contribution in [1.82, 2.24) is 10.2 Å². The zero-order valence-electron chi connectivity index (χ0n) is 21.7. The maximum absolute atomic E-state index is 13.4. The van der Waals surface area contributed by atoms with Crippen molar-refractivity contribution in [3.05, 3.63) is 23.3 Å². The highest BCUT2D eigenvalue weighted by atomic mass is 16.3. The number of aliphatic hydroxyl groups excluding tert-OH is 1. The molecule has 1 fully saturated rings. The molecule has 5 heteroatoms. The normalized spacial score (nSPS) is 28.1. The van der Waals surface area contributed by atoms with E-state index in [9.17, 15) is 14.7 Å². The lowest BCUT2D eigenvalue weighted by molar-refractivity contribution is -0.138. The SMILES string of the molecule is CC1=CC=C(C(C)C(C)(C)CN(C)C(=O)[C@H](NC(=O)[C@H]2C[C@H](C)[C@@H](O)C2)C(C)C)CC1C. The molecule has 0 aliphatic heterocycles. The van der Waals surface area contributed by atoms with Crippen LogP contribution < -0.4 is 5.32 Å². The van der Waals surface area contributed by atoms with Gasteiger partial charge < -0.3 is 15.3 Å². The van der Waals surface area contributed by atoms with Crippen LogP contribution in [0.2, 0.25) is 0 Å². The van der Waals surface area contributed by atoms with Crippen LogP contribution in [0.5, 0.6) is 0 Å². The summed E-state index contributed by atoms with van der Waals surface area (Å²) < 4.78 is 0. The lowest BCUT2D eigenvalue weighted by Gasteiger charge is -2.39. The van der Waals surface area contributed by atoms with Crippen molar-refractivity contribution in [1.29, 1.82) is 0 Å². The first-order chi connectivity index (χ1) is 14.7. The molecule has 2 rings (SSSR count). The number of hydrogen-bond acceptors (Lipinski definition) is 3. The Bertz CT molecular complexity index is 742. The summed E-state index contributed by atoms with van der Waals surface area (Å²) in [5.41, 5.74) is 2.77. The number of carbonyl (C=O) groups excluding carboxylic acids is 2. The lowest BCUT2D eigenvalue weighted by Crippen LogP contribution is -2.53. The van der Waals surface area contributed by atoms with E-state index in [1.54, 1.807) is 4.90 Å². The second kappa shape index (κ2) is 10.5. The van der Waals surface area contributed by atoms with Crippen molar-refractivity contribution < 1.29 is 14.7 Å². The molecule has 5 nitrogen and oxygen atoms in total. The topological polar surface area (TPSA) is 69.6 Å². The van der Waals surface area contributed by atoms with Gasteiger partial charge in [0.2, 0.25) is 11.8 Å². The Morgan fingerprint density at radius 3 is 2.31 bits per heavy atom. The Balaban J connectivity index is 2.05. The predicted molar refractivity (Wildman–Crippen MR) is 131 cm³/mol. The van der Waals surface area contributed by atoms with Gasteiger partial charge in [0.15, 0.2) is 0 Å². The van der Waals surface area contributed by atoms with E-state index in [2.05, 4.69) is 52.1 Å². The number of allylic oxidation sites excluding steroid dienone is 4. The molecule has 2 unspecified atom stereocenters. The maximum Gasteiger partial charge on any atom is 0.245 e. The third-order valence-electron chi connectivity index (χ3n) is 8.07. The van der Waals surface area contributed by atoms with Crippen molar-refractivity contribution in [3.63, 3.8) is 0 Å². The fourth-order valence-electron chi connectivity index (χ4n) is 5.10. The molecule has 0 heterocycles. The van der Waals surface area contributed by atoms with E-state index in [-0.39, 0.29) is 35.0 Å². The molecule has 0 aromatic heterocycles. The Hall–Kier alpha value is -1.62. The molecule has 6 atom stereocenters. The van der Waals surface area contributed by atoms with E-state index in [1.807, 2.05) is 27.8 Å². The van der Waals surface area contributed by atoms with Gasteiger partial charge >= 0.3 is 0 Å². The molecule has 2 N–H and O–H groups in total. The summed E-state index contributed by atoms with van der Waals surface area (Å²) in [4.78, 5) is 28.0. The van der Waals surface area contributed by atoms with Crippen molar-refractivity contribution in [2.24, 2.45) is 35.0 Å². The highest BCUT2D eigenvalue weighted by Gasteiger charge is 2.38. The largest absolute Gasteiger partial charge is 0.393 e. The van der Waals surface area contributed by atoms with Gasteiger partial charge in [-0.3, -0.25) is 9.59 Å². The smallest absolute Gasteiger partial charge is 0.245 e. The molecule has 2 amide bonds. The Morgan fingerprint density at radius 2 is 1.81 bits per heavy atom. The van der Waals surface area contributed by atoms with Gasteiger partial charge in [-0.2, -0.15) is 0 Å². The number of likely N-dealkylation sites (N-methyl/N-ethyl adjacent to an activating group) is 1. The number of carbonyl (C=O) groups is 2. The highest BCUT2D eigenvalue weighted by Crippen LogP contribution is 2.39. The van der Waals surface area contributed by atoms with Crippen LogP contribution >= 0.6 is 0 Å². The standard InChI is InChI=1S/C27H46N2O3/c1-16(2)24(28-25(31)22-13-19(5)23(30)14-22)26(32)29(9)15-27(7,8)20(6)21-11-10-17(3)18(4)12-21/h10-11,16,18-20,22-24,30H,12-15H2,1-9H3,(H,28,31)/t18?,19-,20?,22-,23-,24+/m0/s1. The molecule has 0 aromatic rings. The molecule has 182 valence electrons. The molecule has 2 aliphatic rings. The first kappa shape index (κ1) is 26.6. The Morgan fingerprint density at radius 1 is 1.19 bits per heavy atom. The van der Waals surface area contributed by atoms with Crippen LogP contribution in [0.25, 0.3) is 0 Å². The van der Waals surface area contributed by atoms with Gasteiger partial charge in [-0.15, -0.1) is 0 Å². The quantitative estimate of drug-likeness (QED) is 0.574. The van der Waals surface area contributed by atoms with Gasteiger partial charge in [0, 0.05) is 19.5 Å². The summed E-state index contributed by atoms with van der Waals surface area (Å²) in [6, 6.07) is -0.550. The van der Waals surface area contributed by atoms with Crippen LogP contribution in [-0.4, -0.2) is 47.6 Å². The van der Waals surface area contributed by atoms with E-state index in [1.165, 1.54) is 11.1 Å². The zero-order chi connectivity index (χ0) is 24.4. The third-order valence-corrected chi connectivity index (χ3v) is 8.07. The second-order valence-corrected chi connectivity index (χ2v) is 11.6. The Kier molecular flexibility index (Phi) is 8.77. The number of nitrogens with one attached hydrogen (secondary N) is 1. The van der Waals surface area contributed by atoms with Crippen LogP contribution in [0.15, 0.2) is 23.3 Å². The van der Waals surface area contributed by atoms with Crippen LogP contribution in [0.4, 0.5) is 0 Å². The maximum atomic E-state index is 13.4. The number of amides is 2. The summed E-state index contributed by atoms with van der Waals surface area (Å²) in [5, 5.41) is 13.0. The molecule has 1 saturated carbocycles. The van der Waals surface area contributed by atoms with E-state index >= 15 is 0 Å². The highest BCUT2D eigenvalue weighted by molar-refractivity contribution is 5.88. The molecule has 0 saturated heterocycles. The van der Waals surface area contributed by atoms with Crippen molar-refractivity contribution >= 4 is 11.8 Å². The number of hydrogen-bond donors (Lipinski definition) is 2. The van der Waals surface area contributed by atoms with E-state index in [0.29, 0.717) is 31.2 Å². The number of nitrogens with zero attached hydrogens (tertiary/aromatic N) is 1. The zero-order valence-corrected chi connectivity index (χ0v) is 21.7. The van der Waals surface area contributed by atoms with Crippen molar-refractivity contribution in [2.75, 3.05) is 13.6 Å². The predicted octanol–water partition coefficient (Wildman–Crippen LogP) is 4.57. The summed E-state index contributed by atoms with van der Waals surface area (Å²) >= 11 is 0. The van der Waals surface area contributed by atoms with Gasteiger partial charge in [-0.25, -0.2) is 0 Å². The number of rotatable bonds is 8. The molecule has 2 aliphatic carbocycles. The minimum Gasteiger partial charge on any atom is -0.393 e. The van der Waals surface area contributed by atoms with Gasteiger partial charge in [0.25, 0.3) is 0 Å². The van der Waals surface area contributed by atoms with Gasteiger partial charge in [0.05, 0.1) is 6.10 Å². The van der Waals surface area contributed by atoms with Crippen LogP contribution in [0, 0.1) is 35.0 Å². The summed E-state index contributed by atoms with van der Waals surface area (Å²) in [6.07, 6.45) is 6.29. The average molecular weight is 447 g/mol. The first-order valence-corrected chi connectivity index (χ1v) is 12.3. The third kappa shape index (κ3) is 6.24. The average Bonchev–Trinajstić information content (AvgIpc) is 3.05. The fraction of sp³-hybridized carbons (Fsp3) is 0.778. The monoisotopic (exact) mass is 446 g/mol. The molecule has 0 aromatic carbocycles. The molecular weight excluding hydrogens is 400 g/mol. The van der Waals surface area contributed by atoms with E-state index in [0.717, 1.165) is 6.42 Å². The molecule has 32 heavy (non-hydrogen) atoms. The summed E-state index contributed by atoms with van der Waals surface area (Å²) in [5.74, 6) is 0.662. The number of aliphatic hydroxyl groups is 1. The van der Waals surface area contributed by atoms with Crippen LogP contribution in [0.3, 0.4) is 0 Å². The summed E-state index contributed by atoms with van der Waals surface area (Å²) in [6.45, 7) is 17.7. The molecule has 0 radical (unpaired) electrons. The Labute approximate surface area is 195 Å². The first-order valence-electron chi connectivity index (χ1n) is 12.3. The minimum absolute atomic E-state index is 0.00630. The fourth-order valence-corrected chi connectivity index (χ4v) is 5.10. The van der Waals surface area contributed by atoms with E-state index in [4.69, 9.17) is 0 Å². The van der Waals surface area contributed by atoms with Gasteiger partial charge in [0.1, 0.15) is 6.04 Å². The van der Waals surface area contributed by atoms with Gasteiger partial charge in [-0.1, -0.05) is 71.8 Å². The van der Waals surface area contributed by atoms with Gasteiger partial charge in [-0.05, 0) is 55.3 Å². The van der Waals surface area contributed by atoms with Crippen molar-refractivity contribution in [3.8, 4) is 0 Å². The lowest BCUT2D eigenvalue weighted by atomic mass is 9.71. The second-order valence-electron chi connectivity index (χ2n) is 11.6. The van der Waals surface area contributed by atoms with Crippen molar-refractivity contribution in [2.45, 2.75) is 86.8 Å². The molecule has 0 bridgehead atoms. The van der Waals surface area contributed by atoms with Crippen LogP contribution in [0.1, 0.15) is 74.7 Å². The molecular formula is C27H46N2O3. The van der Waals surface area contributed by atoms with Crippen LogP contribution in [-0.2, 0) is 9.59 Å². The minimum atomic E-state index is -0.550.